The molecule has 174 valence electrons. The van der Waals surface area contributed by atoms with Gasteiger partial charge in [0.15, 0.2) is 5.82 Å². The van der Waals surface area contributed by atoms with Crippen molar-refractivity contribution >= 4 is 16.8 Å². The van der Waals surface area contributed by atoms with E-state index in [0.29, 0.717) is 22.6 Å². The maximum Gasteiger partial charge on any atom is 0.394 e. The van der Waals surface area contributed by atoms with Crippen LogP contribution in [-0.4, -0.2) is 26.6 Å². The lowest BCUT2D eigenvalue weighted by Gasteiger charge is -2.29. The zero-order chi connectivity index (χ0) is 23.8. The highest BCUT2D eigenvalue weighted by Crippen LogP contribution is 2.40. The number of carbonyl (C=O) groups is 1. The lowest BCUT2D eigenvalue weighted by molar-refractivity contribution is -0.213. The molecule has 1 aliphatic rings. The molecule has 1 saturated carbocycles. The van der Waals surface area contributed by atoms with Crippen LogP contribution >= 0.6 is 0 Å². The third-order valence-electron chi connectivity index (χ3n) is 5.87. The summed E-state index contributed by atoms with van der Waals surface area (Å²) in [5.41, 5.74) is -1.52. The molecule has 1 fully saturated rings. The molecule has 1 aromatic carbocycles. The van der Waals surface area contributed by atoms with Crippen LogP contribution in [0, 0.1) is 18.2 Å². The van der Waals surface area contributed by atoms with E-state index in [-0.39, 0.29) is 18.0 Å². The van der Waals surface area contributed by atoms with Crippen molar-refractivity contribution < 1.29 is 27.5 Å². The molecular weight excluding hydrogens is 412 g/mol. The van der Waals surface area contributed by atoms with E-state index in [1.807, 2.05) is 11.5 Å². The number of alkyl halides is 3. The minimum atomic E-state index is -4.29. The van der Waals surface area contributed by atoms with Crippen molar-refractivity contribution in [2.45, 2.75) is 91.5 Å². The molecule has 0 saturated heterocycles. The molecule has 0 amide bonds. The Morgan fingerprint density at radius 3 is 2.19 bits per heavy atom. The Kier molecular flexibility index (Phi) is 7.25. The van der Waals surface area contributed by atoms with Crippen molar-refractivity contribution in [3.05, 3.63) is 29.3 Å². The summed E-state index contributed by atoms with van der Waals surface area (Å²) in [4.78, 5) is 15.2. The molecule has 0 atom stereocenters. The summed E-state index contributed by atoms with van der Waals surface area (Å²) in [6.45, 7) is 8.78. The topological polar surface area (TPSA) is 55.1 Å². The molecule has 8 heteroatoms. The smallest absolute Gasteiger partial charge is 0.386 e. The average molecular weight is 445 g/mol. The van der Waals surface area contributed by atoms with E-state index < -0.39 is 23.6 Å². The summed E-state index contributed by atoms with van der Waals surface area (Å²) < 4.78 is 53.3. The standard InChI is InChI=1S/C15H19FN2O.C8H13F3O/c1-9-17-12-8-7-11(15(2,3)19)13(16)14(12)18(9)10-5-4-6-10;1-4-6(12)5-7(2,3)8(9,10)11/h7-8,10,19H,4-6H2,1-3H3;4-5H2,1-3H3. The summed E-state index contributed by atoms with van der Waals surface area (Å²) in [6.07, 6.45) is -1.20. The normalized spacial score (nSPS) is 15.5. The zero-order valence-corrected chi connectivity index (χ0v) is 19.0. The van der Waals surface area contributed by atoms with Gasteiger partial charge in [0.25, 0.3) is 0 Å². The number of imidazole rings is 1. The van der Waals surface area contributed by atoms with E-state index in [9.17, 15) is 27.5 Å². The first-order valence-corrected chi connectivity index (χ1v) is 10.6. The average Bonchev–Trinajstić information content (AvgIpc) is 2.88. The molecule has 31 heavy (non-hydrogen) atoms. The van der Waals surface area contributed by atoms with E-state index in [4.69, 9.17) is 0 Å². The summed E-state index contributed by atoms with van der Waals surface area (Å²) in [5.74, 6) is 0.168. The first-order valence-electron chi connectivity index (χ1n) is 10.6. The number of ketones is 1. The molecule has 1 heterocycles. The summed E-state index contributed by atoms with van der Waals surface area (Å²) in [5, 5.41) is 10.1. The fraction of sp³-hybridized carbons (Fsp3) is 0.652. The van der Waals surface area contributed by atoms with Crippen LogP contribution < -0.4 is 0 Å². The number of rotatable bonds is 5. The van der Waals surface area contributed by atoms with Crippen LogP contribution in [0.3, 0.4) is 0 Å². The first kappa shape index (κ1) is 25.3. The zero-order valence-electron chi connectivity index (χ0n) is 19.0. The molecule has 1 aromatic heterocycles. The number of hydrogen-bond donors (Lipinski definition) is 1. The van der Waals surface area contributed by atoms with Gasteiger partial charge < -0.3 is 9.67 Å². The number of fused-ring (bicyclic) bond motifs is 1. The molecule has 0 aliphatic heterocycles. The van der Waals surface area contributed by atoms with E-state index >= 15 is 0 Å². The van der Waals surface area contributed by atoms with Gasteiger partial charge in [0.05, 0.1) is 16.5 Å². The van der Waals surface area contributed by atoms with Crippen LogP contribution in [-0.2, 0) is 10.4 Å². The van der Waals surface area contributed by atoms with Gasteiger partial charge in [0, 0.05) is 24.4 Å². The van der Waals surface area contributed by atoms with Crippen molar-refractivity contribution in [1.29, 1.82) is 0 Å². The van der Waals surface area contributed by atoms with Gasteiger partial charge in [-0.1, -0.05) is 26.8 Å². The highest BCUT2D eigenvalue weighted by molar-refractivity contribution is 5.79. The molecule has 0 radical (unpaired) electrons. The second kappa shape index (κ2) is 8.88. The van der Waals surface area contributed by atoms with Crippen molar-refractivity contribution in [3.63, 3.8) is 0 Å². The SMILES string of the molecule is CCC(=O)CC(C)(C)C(F)(F)F.Cc1nc2ccc(C(C)(C)O)c(F)c2n1C1CCC1. The Morgan fingerprint density at radius 2 is 1.77 bits per heavy atom. The predicted molar refractivity (Wildman–Crippen MR) is 112 cm³/mol. The number of halogens is 4. The van der Waals surface area contributed by atoms with Crippen LogP contribution in [0.25, 0.3) is 11.0 Å². The number of aromatic nitrogens is 2. The Labute approximate surface area is 180 Å². The van der Waals surface area contributed by atoms with Gasteiger partial charge in [0.2, 0.25) is 0 Å². The molecule has 1 N–H and O–H groups in total. The fourth-order valence-corrected chi connectivity index (χ4v) is 3.55. The quantitative estimate of drug-likeness (QED) is 0.545. The lowest BCUT2D eigenvalue weighted by Crippen LogP contribution is -2.34. The minimum absolute atomic E-state index is 0.166. The first-order chi connectivity index (χ1) is 14.1. The Morgan fingerprint density at radius 1 is 1.19 bits per heavy atom. The molecule has 4 nitrogen and oxygen atoms in total. The maximum atomic E-state index is 14.7. The second-order valence-corrected chi connectivity index (χ2v) is 9.42. The van der Waals surface area contributed by atoms with Crippen LogP contribution in [0.4, 0.5) is 17.6 Å². The Hall–Kier alpha value is -1.96. The number of hydrogen-bond acceptors (Lipinski definition) is 3. The van der Waals surface area contributed by atoms with E-state index in [1.54, 1.807) is 32.9 Å². The maximum absolute atomic E-state index is 14.7. The van der Waals surface area contributed by atoms with Gasteiger partial charge in [-0.2, -0.15) is 13.2 Å². The number of Topliss-reactive ketones (excluding diaryl/α,β-unsaturated/α-hetero) is 1. The number of nitrogens with zero attached hydrogens (tertiary/aromatic N) is 2. The second-order valence-electron chi connectivity index (χ2n) is 9.42. The van der Waals surface area contributed by atoms with Crippen LogP contribution in [0.2, 0.25) is 0 Å². The largest absolute Gasteiger partial charge is 0.394 e. The molecular formula is C23H32F4N2O2. The third-order valence-corrected chi connectivity index (χ3v) is 5.87. The minimum Gasteiger partial charge on any atom is -0.386 e. The van der Waals surface area contributed by atoms with Crippen molar-refractivity contribution in [3.8, 4) is 0 Å². The summed E-state index contributed by atoms with van der Waals surface area (Å²) >= 11 is 0. The van der Waals surface area contributed by atoms with Gasteiger partial charge in [0.1, 0.15) is 17.1 Å². The molecule has 0 spiro atoms. The van der Waals surface area contributed by atoms with Gasteiger partial charge in [-0.25, -0.2) is 9.37 Å². The number of benzene rings is 1. The molecule has 0 unspecified atom stereocenters. The van der Waals surface area contributed by atoms with E-state index in [1.165, 1.54) is 6.42 Å². The highest BCUT2D eigenvalue weighted by atomic mass is 19.4. The highest BCUT2D eigenvalue weighted by Gasteiger charge is 2.47. The molecule has 2 aromatic rings. The fourth-order valence-electron chi connectivity index (χ4n) is 3.55. The van der Waals surface area contributed by atoms with E-state index in [2.05, 4.69) is 4.98 Å². The van der Waals surface area contributed by atoms with Gasteiger partial charge in [-0.05, 0) is 46.1 Å². The molecule has 1 aliphatic carbocycles. The van der Waals surface area contributed by atoms with Crippen molar-refractivity contribution in [2.75, 3.05) is 0 Å². The van der Waals surface area contributed by atoms with E-state index in [0.717, 1.165) is 32.5 Å². The molecule has 0 bridgehead atoms. The number of aliphatic hydroxyl groups is 1. The predicted octanol–water partition coefficient (Wildman–Crippen LogP) is 6.38. The van der Waals surface area contributed by atoms with Crippen molar-refractivity contribution in [1.82, 2.24) is 9.55 Å². The lowest BCUT2D eigenvalue weighted by atomic mass is 9.86. The Bertz CT molecular complexity index is 936. The van der Waals surface area contributed by atoms with Crippen LogP contribution in [0.15, 0.2) is 12.1 Å². The van der Waals surface area contributed by atoms with Crippen LogP contribution in [0.5, 0.6) is 0 Å². The third kappa shape index (κ3) is 5.45. The summed E-state index contributed by atoms with van der Waals surface area (Å²) in [7, 11) is 0. The Balaban J connectivity index is 0.000000248. The molecule has 3 rings (SSSR count). The monoisotopic (exact) mass is 444 g/mol. The van der Waals surface area contributed by atoms with Gasteiger partial charge in [-0.3, -0.25) is 4.79 Å². The van der Waals surface area contributed by atoms with Crippen molar-refractivity contribution in [2.24, 2.45) is 5.41 Å². The van der Waals surface area contributed by atoms with Gasteiger partial charge in [-0.15, -0.1) is 0 Å². The van der Waals surface area contributed by atoms with Gasteiger partial charge >= 0.3 is 6.18 Å². The van der Waals surface area contributed by atoms with Crippen LogP contribution in [0.1, 0.15) is 84.2 Å². The number of carbonyl (C=O) groups excluding carboxylic acids is 1. The number of aryl methyl sites for hydroxylation is 1. The summed E-state index contributed by atoms with van der Waals surface area (Å²) in [6, 6.07) is 3.79.